The first-order valence-electron chi connectivity index (χ1n) is 10.6. The summed E-state index contributed by atoms with van der Waals surface area (Å²) in [5, 5.41) is 10.8. The minimum atomic E-state index is -0.895. The van der Waals surface area contributed by atoms with E-state index < -0.39 is 11.9 Å². The van der Waals surface area contributed by atoms with Gasteiger partial charge in [-0.05, 0) is 0 Å². The topological polar surface area (TPSA) is 66.4 Å². The summed E-state index contributed by atoms with van der Waals surface area (Å²) in [6.45, 7) is 4.87. The monoisotopic (exact) mass is 355 g/mol. The molecule has 0 aromatic rings. The van der Waals surface area contributed by atoms with Gasteiger partial charge in [0, 0.05) is 13.0 Å². The lowest BCUT2D eigenvalue weighted by atomic mass is 10.0. The molecule has 1 saturated heterocycles. The number of carboxylic acid groups (broad SMARTS) is 1. The van der Waals surface area contributed by atoms with Crippen LogP contribution in [0.25, 0.3) is 0 Å². The zero-order valence-electron chi connectivity index (χ0n) is 16.7. The number of amides is 1. The first kappa shape index (κ1) is 23.9. The number of hydrogen-bond acceptors (Lipinski definition) is 2. The molecule has 0 spiro atoms. The van der Waals surface area contributed by atoms with Gasteiger partial charge in [0.25, 0.3) is 0 Å². The van der Waals surface area contributed by atoms with Crippen LogP contribution in [-0.2, 0) is 9.59 Å². The quantitative estimate of drug-likeness (QED) is 0.393. The van der Waals surface area contributed by atoms with Gasteiger partial charge in [-0.1, -0.05) is 104 Å². The van der Waals surface area contributed by atoms with Crippen LogP contribution in [0.5, 0.6) is 0 Å². The number of nitrogens with one attached hydrogen (secondary N) is 1. The third kappa shape index (κ3) is 16.2. The highest BCUT2D eigenvalue weighted by molar-refractivity contribution is 5.85. The molecule has 1 rings (SSSR count). The maximum atomic E-state index is 10.4. The molecule has 4 nitrogen and oxygen atoms in total. The van der Waals surface area contributed by atoms with Crippen LogP contribution in [0.3, 0.4) is 0 Å². The van der Waals surface area contributed by atoms with E-state index in [1.54, 1.807) is 0 Å². The van der Waals surface area contributed by atoms with Gasteiger partial charge in [0.1, 0.15) is 0 Å². The van der Waals surface area contributed by atoms with Gasteiger partial charge in [0.05, 0.1) is 5.92 Å². The minimum Gasteiger partial charge on any atom is -0.481 e. The third-order valence-electron chi connectivity index (χ3n) is 4.78. The average Bonchev–Trinajstić information content (AvgIpc) is 3.03. The highest BCUT2D eigenvalue weighted by Crippen LogP contribution is 2.12. The van der Waals surface area contributed by atoms with E-state index in [1.165, 1.54) is 89.9 Å². The maximum absolute atomic E-state index is 10.4. The number of aliphatic carboxylic acids is 1. The molecule has 0 radical (unpaired) electrons. The molecule has 25 heavy (non-hydrogen) atoms. The van der Waals surface area contributed by atoms with Crippen LogP contribution < -0.4 is 5.32 Å². The van der Waals surface area contributed by atoms with Crippen LogP contribution in [0.1, 0.15) is 110 Å². The Morgan fingerprint density at radius 3 is 1.40 bits per heavy atom. The maximum Gasteiger partial charge on any atom is 0.308 e. The van der Waals surface area contributed by atoms with Gasteiger partial charge in [0.2, 0.25) is 5.91 Å². The number of carbonyl (C=O) groups is 2. The molecule has 1 fully saturated rings. The van der Waals surface area contributed by atoms with Gasteiger partial charge >= 0.3 is 5.97 Å². The second-order valence-corrected chi connectivity index (χ2v) is 7.29. The Bertz CT molecular complexity index is 317. The lowest BCUT2D eigenvalue weighted by molar-refractivity contribution is -0.141. The van der Waals surface area contributed by atoms with Crippen LogP contribution in [0.4, 0.5) is 0 Å². The Morgan fingerprint density at radius 1 is 0.840 bits per heavy atom. The van der Waals surface area contributed by atoms with Crippen molar-refractivity contribution in [3.8, 4) is 0 Å². The highest BCUT2D eigenvalue weighted by atomic mass is 16.4. The van der Waals surface area contributed by atoms with Crippen LogP contribution in [0.15, 0.2) is 0 Å². The smallest absolute Gasteiger partial charge is 0.308 e. The molecular formula is C21H41NO3. The van der Waals surface area contributed by atoms with E-state index in [9.17, 15) is 9.59 Å². The van der Waals surface area contributed by atoms with Crippen LogP contribution in [0.2, 0.25) is 0 Å². The van der Waals surface area contributed by atoms with E-state index >= 15 is 0 Å². The summed E-state index contributed by atoms with van der Waals surface area (Å²) in [6, 6.07) is 0. The van der Waals surface area contributed by atoms with Crippen molar-refractivity contribution in [2.75, 3.05) is 6.54 Å². The highest BCUT2D eigenvalue weighted by Gasteiger charge is 2.26. The van der Waals surface area contributed by atoms with E-state index in [1.807, 2.05) is 0 Å². The second-order valence-electron chi connectivity index (χ2n) is 7.29. The molecular weight excluding hydrogens is 314 g/mol. The molecule has 1 unspecified atom stereocenters. The Labute approximate surface area is 155 Å². The summed E-state index contributed by atoms with van der Waals surface area (Å²) in [4.78, 5) is 20.5. The van der Waals surface area contributed by atoms with Gasteiger partial charge in [-0.2, -0.15) is 0 Å². The average molecular weight is 356 g/mol. The fourth-order valence-corrected chi connectivity index (χ4v) is 3.05. The molecule has 0 aliphatic carbocycles. The zero-order chi connectivity index (χ0) is 18.8. The van der Waals surface area contributed by atoms with Gasteiger partial charge in [-0.3, -0.25) is 9.59 Å². The number of hydrogen-bond donors (Lipinski definition) is 2. The van der Waals surface area contributed by atoms with Gasteiger partial charge in [-0.25, -0.2) is 0 Å². The summed E-state index contributed by atoms with van der Waals surface area (Å²) in [7, 11) is 0. The summed E-state index contributed by atoms with van der Waals surface area (Å²) < 4.78 is 0. The zero-order valence-corrected chi connectivity index (χ0v) is 16.7. The minimum absolute atomic E-state index is 0.134. The van der Waals surface area contributed by atoms with Gasteiger partial charge in [-0.15, -0.1) is 0 Å². The predicted octanol–water partition coefficient (Wildman–Crippen LogP) is 5.69. The Hall–Kier alpha value is -1.06. The van der Waals surface area contributed by atoms with E-state index in [2.05, 4.69) is 19.2 Å². The van der Waals surface area contributed by atoms with Crippen molar-refractivity contribution in [2.24, 2.45) is 5.92 Å². The molecule has 148 valence electrons. The van der Waals surface area contributed by atoms with Crippen molar-refractivity contribution in [3.05, 3.63) is 0 Å². The number of carboxylic acids is 1. The third-order valence-corrected chi connectivity index (χ3v) is 4.78. The fraction of sp³-hybridized carbons (Fsp3) is 0.905. The van der Waals surface area contributed by atoms with Crippen molar-refractivity contribution >= 4 is 11.9 Å². The van der Waals surface area contributed by atoms with Crippen LogP contribution >= 0.6 is 0 Å². The Kier molecular flexibility index (Phi) is 17.0. The van der Waals surface area contributed by atoms with Crippen molar-refractivity contribution in [2.45, 2.75) is 110 Å². The molecule has 1 aliphatic rings. The number of unbranched alkanes of at least 4 members (excludes halogenated alkanes) is 13. The lowest BCUT2D eigenvalue weighted by Gasteiger charge is -2.02. The van der Waals surface area contributed by atoms with E-state index in [4.69, 9.17) is 5.11 Å². The summed E-state index contributed by atoms with van der Waals surface area (Å²) in [5.74, 6) is -1.56. The fourth-order valence-electron chi connectivity index (χ4n) is 3.05. The van der Waals surface area contributed by atoms with Crippen molar-refractivity contribution < 1.29 is 14.7 Å². The van der Waals surface area contributed by atoms with Crippen molar-refractivity contribution in [1.82, 2.24) is 5.32 Å². The second kappa shape index (κ2) is 17.8. The predicted molar refractivity (Wildman–Crippen MR) is 105 cm³/mol. The first-order chi connectivity index (χ1) is 12.1. The summed E-state index contributed by atoms with van der Waals surface area (Å²) in [5.41, 5.74) is 0. The van der Waals surface area contributed by atoms with Crippen molar-refractivity contribution in [1.29, 1.82) is 0 Å². The molecule has 1 heterocycles. The molecule has 1 atom stereocenters. The molecule has 1 aliphatic heterocycles. The lowest BCUT2D eigenvalue weighted by Crippen LogP contribution is -2.17. The van der Waals surface area contributed by atoms with Crippen LogP contribution in [0, 0.1) is 5.92 Å². The molecule has 1 amide bonds. The summed E-state index contributed by atoms with van der Waals surface area (Å²) >= 11 is 0. The summed E-state index contributed by atoms with van der Waals surface area (Å²) in [6.07, 6.45) is 20.6. The van der Waals surface area contributed by atoms with Gasteiger partial charge in [0.15, 0.2) is 0 Å². The normalized spacial score (nSPS) is 16.2. The Balaban J connectivity index is 0.000000535. The number of carbonyl (C=O) groups excluding carboxylic acids is 1. The molecule has 2 N–H and O–H groups in total. The first-order valence-corrected chi connectivity index (χ1v) is 10.6. The van der Waals surface area contributed by atoms with Crippen molar-refractivity contribution in [3.63, 3.8) is 0 Å². The Morgan fingerprint density at radius 2 is 1.20 bits per heavy atom. The largest absolute Gasteiger partial charge is 0.481 e. The molecule has 4 heteroatoms. The van der Waals surface area contributed by atoms with E-state index in [0.29, 0.717) is 0 Å². The van der Waals surface area contributed by atoms with E-state index in [0.717, 1.165) is 0 Å². The number of rotatable bonds is 14. The molecule has 0 aromatic carbocycles. The standard InChI is InChI=1S/C16H34.C5H7NO3/c1-3-5-7-9-11-13-15-16-14-12-10-8-6-4-2;7-4-1-3(2-6-4)5(8)9/h3-16H2,1-2H3;3H,1-2H2,(H,6,7)(H,8,9). The SMILES string of the molecule is CCCCCCCCCCCCCCCC.O=C1CC(C(=O)O)CN1. The molecule has 0 bridgehead atoms. The van der Waals surface area contributed by atoms with E-state index in [-0.39, 0.29) is 18.9 Å². The molecule has 0 aromatic heterocycles. The molecule has 0 saturated carbocycles. The van der Waals surface area contributed by atoms with Gasteiger partial charge < -0.3 is 10.4 Å². The van der Waals surface area contributed by atoms with Crippen LogP contribution in [-0.4, -0.2) is 23.5 Å².